The van der Waals surface area contributed by atoms with E-state index < -0.39 is 17.2 Å². The van der Waals surface area contributed by atoms with E-state index in [1.54, 1.807) is 11.5 Å². The second kappa shape index (κ2) is 5.90. The average Bonchev–Trinajstić information content (AvgIpc) is 2.45. The van der Waals surface area contributed by atoms with Gasteiger partial charge in [0, 0.05) is 11.8 Å². The van der Waals surface area contributed by atoms with Gasteiger partial charge in [0.15, 0.2) is 11.0 Å². The molecule has 1 saturated heterocycles. The zero-order valence-corrected chi connectivity index (χ0v) is 13.3. The van der Waals surface area contributed by atoms with E-state index in [4.69, 9.17) is 21.1 Å². The van der Waals surface area contributed by atoms with Crippen molar-refractivity contribution in [2.24, 2.45) is 0 Å². The maximum absolute atomic E-state index is 14.1. The van der Waals surface area contributed by atoms with E-state index in [1.807, 2.05) is 0 Å². The minimum Gasteiger partial charge on any atom is -0.462 e. The monoisotopic (exact) mass is 340 g/mol. The van der Waals surface area contributed by atoms with Crippen molar-refractivity contribution in [3.8, 4) is 0 Å². The molecule has 0 bridgehead atoms. The van der Waals surface area contributed by atoms with Gasteiger partial charge in [0.25, 0.3) is 0 Å². The van der Waals surface area contributed by atoms with E-state index in [1.165, 1.54) is 13.1 Å². The second-order valence-electron chi connectivity index (χ2n) is 5.23. The van der Waals surface area contributed by atoms with E-state index >= 15 is 0 Å². The largest absolute Gasteiger partial charge is 0.462 e. The Hall–Kier alpha value is -1.99. The molecular formula is C15H14ClFN2O4. The highest BCUT2D eigenvalue weighted by molar-refractivity contribution is 6.30. The molecule has 8 heteroatoms. The van der Waals surface area contributed by atoms with Crippen molar-refractivity contribution in [1.82, 2.24) is 9.55 Å². The second-order valence-corrected chi connectivity index (χ2v) is 5.59. The molecule has 0 unspecified atom stereocenters. The van der Waals surface area contributed by atoms with Crippen LogP contribution in [-0.2, 0) is 9.47 Å². The highest BCUT2D eigenvalue weighted by Crippen LogP contribution is 2.27. The van der Waals surface area contributed by atoms with Gasteiger partial charge in [-0.15, -0.1) is 0 Å². The van der Waals surface area contributed by atoms with Gasteiger partial charge in [-0.25, -0.2) is 14.2 Å². The van der Waals surface area contributed by atoms with E-state index in [9.17, 15) is 14.0 Å². The molecule has 0 radical (unpaired) electrons. The van der Waals surface area contributed by atoms with Crippen LogP contribution in [0.4, 0.5) is 4.39 Å². The predicted octanol–water partition coefficient (Wildman–Crippen LogP) is 2.25. The van der Waals surface area contributed by atoms with Crippen LogP contribution in [0.2, 0.25) is 5.15 Å². The van der Waals surface area contributed by atoms with Crippen molar-refractivity contribution >= 4 is 28.6 Å². The normalized spacial score (nSPS) is 14.8. The molecule has 0 N–H and O–H groups in total. The Morgan fingerprint density at radius 1 is 1.57 bits per heavy atom. The lowest BCUT2D eigenvalue weighted by atomic mass is 10.1. The first-order valence-electron chi connectivity index (χ1n) is 7.11. The molecule has 1 aliphatic heterocycles. The van der Waals surface area contributed by atoms with E-state index in [-0.39, 0.29) is 40.0 Å². The Morgan fingerprint density at radius 2 is 2.26 bits per heavy atom. The number of halogens is 2. The van der Waals surface area contributed by atoms with Crippen molar-refractivity contribution in [2.75, 3.05) is 19.8 Å². The molecule has 0 aromatic carbocycles. The number of hydrogen-bond donors (Lipinski definition) is 0. The van der Waals surface area contributed by atoms with Crippen LogP contribution in [0.1, 0.15) is 28.9 Å². The fraction of sp³-hybridized carbons (Fsp3) is 0.400. The van der Waals surface area contributed by atoms with Crippen LogP contribution >= 0.6 is 11.6 Å². The van der Waals surface area contributed by atoms with Crippen LogP contribution in [0.15, 0.2) is 11.0 Å². The Balaban J connectivity index is 2.37. The molecular weight excluding hydrogens is 327 g/mol. The van der Waals surface area contributed by atoms with Gasteiger partial charge in [-0.3, -0.25) is 4.79 Å². The summed E-state index contributed by atoms with van der Waals surface area (Å²) in [4.78, 5) is 28.7. The number of pyridine rings is 2. The topological polar surface area (TPSA) is 70.4 Å². The summed E-state index contributed by atoms with van der Waals surface area (Å²) in [5.41, 5.74) is -0.473. The molecule has 0 aliphatic carbocycles. The van der Waals surface area contributed by atoms with Crippen LogP contribution in [-0.4, -0.2) is 35.3 Å². The zero-order chi connectivity index (χ0) is 16.7. The third kappa shape index (κ3) is 2.49. The summed E-state index contributed by atoms with van der Waals surface area (Å²) in [6.45, 7) is 4.04. The maximum Gasteiger partial charge on any atom is 0.343 e. The molecule has 3 rings (SSSR count). The van der Waals surface area contributed by atoms with Gasteiger partial charge in [0.2, 0.25) is 5.43 Å². The summed E-state index contributed by atoms with van der Waals surface area (Å²) >= 11 is 5.81. The Bertz CT molecular complexity index is 861. The number of hydrogen-bond acceptors (Lipinski definition) is 5. The standard InChI is InChI=1S/C15H14ClFN2O4/c1-3-23-15(21)9-4-19(8-5-22-6-8)14-10(12(9)20)7(2)11(17)13(16)18-14/h4,8H,3,5-6H2,1-2H3. The molecule has 2 aromatic heterocycles. The lowest BCUT2D eigenvalue weighted by molar-refractivity contribution is -0.0220. The van der Waals surface area contributed by atoms with Gasteiger partial charge in [0.05, 0.1) is 31.2 Å². The molecule has 6 nitrogen and oxygen atoms in total. The van der Waals surface area contributed by atoms with Gasteiger partial charge in [0.1, 0.15) is 11.2 Å². The fourth-order valence-electron chi connectivity index (χ4n) is 2.50. The van der Waals surface area contributed by atoms with Crippen LogP contribution in [0.3, 0.4) is 0 Å². The number of carbonyl (C=O) groups excluding carboxylic acids is 1. The summed E-state index contributed by atoms with van der Waals surface area (Å²) < 4.78 is 25.8. The summed E-state index contributed by atoms with van der Waals surface area (Å²) in [7, 11) is 0. The first kappa shape index (κ1) is 15.9. The van der Waals surface area contributed by atoms with Gasteiger partial charge in [-0.05, 0) is 13.8 Å². The number of ether oxygens (including phenoxy) is 2. The number of fused-ring (bicyclic) bond motifs is 1. The van der Waals surface area contributed by atoms with Gasteiger partial charge < -0.3 is 14.0 Å². The maximum atomic E-state index is 14.1. The van der Waals surface area contributed by atoms with Crippen molar-refractivity contribution < 1.29 is 18.7 Å². The first-order valence-corrected chi connectivity index (χ1v) is 7.48. The lowest BCUT2D eigenvalue weighted by Gasteiger charge is -2.30. The van der Waals surface area contributed by atoms with E-state index in [2.05, 4.69) is 4.98 Å². The van der Waals surface area contributed by atoms with Crippen LogP contribution in [0.5, 0.6) is 0 Å². The highest BCUT2D eigenvalue weighted by Gasteiger charge is 2.27. The SMILES string of the molecule is CCOC(=O)c1cn(C2COC2)c2nc(Cl)c(F)c(C)c2c1=O. The molecule has 0 spiro atoms. The molecule has 23 heavy (non-hydrogen) atoms. The Morgan fingerprint density at radius 3 is 2.83 bits per heavy atom. The third-order valence-corrected chi connectivity index (χ3v) is 4.06. The average molecular weight is 341 g/mol. The van der Waals surface area contributed by atoms with Crippen LogP contribution < -0.4 is 5.43 Å². The summed E-state index contributed by atoms with van der Waals surface area (Å²) in [5.74, 6) is -1.52. The molecule has 1 aliphatic rings. The minimum atomic E-state index is -0.770. The molecule has 0 amide bonds. The zero-order valence-electron chi connectivity index (χ0n) is 12.6. The fourth-order valence-corrected chi connectivity index (χ4v) is 2.72. The summed E-state index contributed by atoms with van der Waals surface area (Å²) in [6, 6.07) is -0.0975. The highest BCUT2D eigenvalue weighted by atomic mass is 35.5. The molecule has 0 saturated carbocycles. The number of carbonyl (C=O) groups is 1. The smallest absolute Gasteiger partial charge is 0.343 e. The first-order chi connectivity index (χ1) is 11.0. The van der Waals surface area contributed by atoms with Crippen molar-refractivity contribution in [3.63, 3.8) is 0 Å². The van der Waals surface area contributed by atoms with E-state index in [0.29, 0.717) is 13.2 Å². The number of esters is 1. The van der Waals surface area contributed by atoms with Crippen LogP contribution in [0.25, 0.3) is 11.0 Å². The van der Waals surface area contributed by atoms with Crippen molar-refractivity contribution in [2.45, 2.75) is 19.9 Å². The quantitative estimate of drug-likeness (QED) is 0.633. The molecule has 2 aromatic rings. The number of nitrogens with zero attached hydrogens (tertiary/aromatic N) is 2. The molecule has 122 valence electrons. The number of aromatic nitrogens is 2. The molecule has 3 heterocycles. The number of rotatable bonds is 3. The Kier molecular flexibility index (Phi) is 4.08. The van der Waals surface area contributed by atoms with Crippen molar-refractivity contribution in [3.05, 3.63) is 38.5 Å². The van der Waals surface area contributed by atoms with Gasteiger partial charge >= 0.3 is 5.97 Å². The summed E-state index contributed by atoms with van der Waals surface area (Å²) in [6.07, 6.45) is 1.39. The van der Waals surface area contributed by atoms with Gasteiger partial charge in [-0.2, -0.15) is 0 Å². The molecule has 1 fully saturated rings. The van der Waals surface area contributed by atoms with Crippen molar-refractivity contribution in [1.29, 1.82) is 0 Å². The predicted molar refractivity (Wildman–Crippen MR) is 81.5 cm³/mol. The third-order valence-electron chi connectivity index (χ3n) is 3.81. The minimum absolute atomic E-state index is 0.0318. The van der Waals surface area contributed by atoms with Gasteiger partial charge in [-0.1, -0.05) is 11.6 Å². The Labute approximate surface area is 135 Å². The number of aryl methyl sites for hydroxylation is 1. The van der Waals surface area contributed by atoms with Crippen LogP contribution in [0, 0.1) is 12.7 Å². The molecule has 0 atom stereocenters. The summed E-state index contributed by atoms with van der Waals surface area (Å²) in [5, 5.41) is -0.281. The lowest BCUT2D eigenvalue weighted by Crippen LogP contribution is -2.33. The van der Waals surface area contributed by atoms with E-state index in [0.717, 1.165) is 0 Å².